The number of rotatable bonds is 4. The van der Waals surface area contributed by atoms with E-state index in [1.165, 1.54) is 0 Å². The lowest BCUT2D eigenvalue weighted by Crippen LogP contribution is -2.07. The van der Waals surface area contributed by atoms with Crippen LogP contribution in [0.4, 0.5) is 0 Å². The maximum Gasteiger partial charge on any atom is 0.358 e. The van der Waals surface area contributed by atoms with Crippen molar-refractivity contribution in [1.29, 1.82) is 0 Å². The number of ether oxygens (including phenoxy) is 1. The molecular formula is C18H15ClN2O2. The van der Waals surface area contributed by atoms with Crippen molar-refractivity contribution in [3.63, 3.8) is 0 Å². The molecule has 3 rings (SSSR count). The van der Waals surface area contributed by atoms with Crippen LogP contribution in [0.15, 0.2) is 60.7 Å². The molecule has 0 N–H and O–H groups in total. The molecule has 0 saturated heterocycles. The van der Waals surface area contributed by atoms with E-state index in [4.69, 9.17) is 16.3 Å². The molecule has 0 radical (unpaired) electrons. The molecule has 2 aromatic carbocycles. The highest BCUT2D eigenvalue weighted by Gasteiger charge is 2.18. The number of esters is 1. The Hall–Kier alpha value is -2.59. The van der Waals surface area contributed by atoms with E-state index < -0.39 is 5.97 Å². The van der Waals surface area contributed by atoms with Crippen molar-refractivity contribution >= 4 is 17.6 Å². The summed E-state index contributed by atoms with van der Waals surface area (Å²) in [5, 5.41) is 4.95. The van der Waals surface area contributed by atoms with E-state index in [1.807, 2.05) is 48.5 Å². The summed E-state index contributed by atoms with van der Waals surface area (Å²) >= 11 is 6.29. The van der Waals surface area contributed by atoms with Crippen LogP contribution in [0.25, 0.3) is 16.9 Å². The minimum absolute atomic E-state index is 0.255. The predicted octanol–water partition coefficient (Wildman–Crippen LogP) is 4.37. The second-order valence-corrected chi connectivity index (χ2v) is 5.27. The molecule has 23 heavy (non-hydrogen) atoms. The van der Waals surface area contributed by atoms with Gasteiger partial charge < -0.3 is 4.74 Å². The van der Waals surface area contributed by atoms with E-state index in [2.05, 4.69) is 5.10 Å². The largest absolute Gasteiger partial charge is 0.461 e. The molecule has 0 aliphatic heterocycles. The summed E-state index contributed by atoms with van der Waals surface area (Å²) in [6.07, 6.45) is 0. The van der Waals surface area contributed by atoms with Crippen LogP contribution in [0, 0.1) is 0 Å². The van der Waals surface area contributed by atoms with Gasteiger partial charge in [-0.15, -0.1) is 0 Å². The number of nitrogens with zero attached hydrogens (tertiary/aromatic N) is 2. The Bertz CT molecular complexity index is 828. The van der Waals surface area contributed by atoms with Crippen molar-refractivity contribution in [3.8, 4) is 16.9 Å². The topological polar surface area (TPSA) is 44.1 Å². The van der Waals surface area contributed by atoms with Gasteiger partial charge in [-0.3, -0.25) is 0 Å². The summed E-state index contributed by atoms with van der Waals surface area (Å²) in [7, 11) is 0. The van der Waals surface area contributed by atoms with Crippen LogP contribution >= 0.6 is 11.6 Å². The van der Waals surface area contributed by atoms with Gasteiger partial charge >= 0.3 is 5.97 Å². The van der Waals surface area contributed by atoms with Gasteiger partial charge in [0.25, 0.3) is 0 Å². The number of halogens is 1. The lowest BCUT2D eigenvalue weighted by atomic mass is 10.1. The van der Waals surface area contributed by atoms with Crippen molar-refractivity contribution < 1.29 is 9.53 Å². The van der Waals surface area contributed by atoms with Gasteiger partial charge in [0.1, 0.15) is 0 Å². The molecule has 3 aromatic rings. The minimum atomic E-state index is -0.449. The summed E-state index contributed by atoms with van der Waals surface area (Å²) in [4.78, 5) is 12.0. The van der Waals surface area contributed by atoms with Gasteiger partial charge in [-0.25, -0.2) is 9.48 Å². The fraction of sp³-hybridized carbons (Fsp3) is 0.111. The second kappa shape index (κ2) is 6.67. The van der Waals surface area contributed by atoms with Gasteiger partial charge in [0.2, 0.25) is 0 Å². The second-order valence-electron chi connectivity index (χ2n) is 4.86. The number of hydrogen-bond acceptors (Lipinski definition) is 3. The zero-order valence-corrected chi connectivity index (χ0v) is 13.3. The number of hydrogen-bond donors (Lipinski definition) is 0. The van der Waals surface area contributed by atoms with Crippen molar-refractivity contribution in [2.24, 2.45) is 0 Å². The van der Waals surface area contributed by atoms with Crippen LogP contribution in [-0.4, -0.2) is 22.4 Å². The van der Waals surface area contributed by atoms with Gasteiger partial charge in [-0.05, 0) is 25.1 Å². The number of aromatic nitrogens is 2. The highest BCUT2D eigenvalue weighted by Crippen LogP contribution is 2.27. The van der Waals surface area contributed by atoms with E-state index in [0.717, 1.165) is 11.3 Å². The molecule has 1 aromatic heterocycles. The average molecular weight is 327 g/mol. The first-order chi connectivity index (χ1) is 11.2. The highest BCUT2D eigenvalue weighted by atomic mass is 35.5. The van der Waals surface area contributed by atoms with Gasteiger partial charge in [-0.1, -0.05) is 54.1 Å². The van der Waals surface area contributed by atoms with Crippen LogP contribution < -0.4 is 0 Å². The molecule has 5 heteroatoms. The van der Waals surface area contributed by atoms with Gasteiger partial charge in [0.15, 0.2) is 5.69 Å². The predicted molar refractivity (Wildman–Crippen MR) is 90.0 cm³/mol. The lowest BCUT2D eigenvalue weighted by Gasteiger charge is -2.09. The first kappa shape index (κ1) is 15.3. The molecule has 0 spiro atoms. The Morgan fingerprint density at radius 1 is 1.13 bits per heavy atom. The third-order valence-corrected chi connectivity index (χ3v) is 3.66. The third kappa shape index (κ3) is 3.12. The molecule has 1 heterocycles. The van der Waals surface area contributed by atoms with E-state index in [1.54, 1.807) is 23.7 Å². The molecule has 116 valence electrons. The normalized spacial score (nSPS) is 10.5. The number of carbonyl (C=O) groups is 1. The fourth-order valence-corrected chi connectivity index (χ4v) is 2.52. The van der Waals surface area contributed by atoms with E-state index >= 15 is 0 Å². The quantitative estimate of drug-likeness (QED) is 0.669. The summed E-state index contributed by atoms with van der Waals surface area (Å²) in [5.41, 5.74) is 2.69. The van der Waals surface area contributed by atoms with Crippen molar-refractivity contribution in [2.75, 3.05) is 6.61 Å². The van der Waals surface area contributed by atoms with Crippen LogP contribution in [-0.2, 0) is 4.74 Å². The van der Waals surface area contributed by atoms with Gasteiger partial charge in [-0.2, -0.15) is 5.10 Å². The molecule has 0 fully saturated rings. The van der Waals surface area contributed by atoms with Crippen LogP contribution in [0.3, 0.4) is 0 Å². The molecular weight excluding hydrogens is 312 g/mol. The summed E-state index contributed by atoms with van der Waals surface area (Å²) < 4.78 is 6.72. The summed E-state index contributed by atoms with van der Waals surface area (Å²) in [6, 6.07) is 18.8. The maximum atomic E-state index is 12.0. The minimum Gasteiger partial charge on any atom is -0.461 e. The Kier molecular flexibility index (Phi) is 4.44. The summed E-state index contributed by atoms with van der Waals surface area (Å²) in [5.74, 6) is -0.449. The monoisotopic (exact) mass is 326 g/mol. The maximum absolute atomic E-state index is 12.0. The smallest absolute Gasteiger partial charge is 0.358 e. The molecule has 0 amide bonds. The Balaban J connectivity index is 2.17. The Morgan fingerprint density at radius 3 is 2.52 bits per heavy atom. The molecule has 0 atom stereocenters. The standard InChI is InChI=1S/C18H15ClN2O2/c1-2-23-18(22)15-12-17(13-8-4-3-5-9-13)21(20-15)16-11-7-6-10-14(16)19/h3-12H,2H2,1H3. The SMILES string of the molecule is CCOC(=O)c1cc(-c2ccccc2)n(-c2ccccc2Cl)n1. The molecule has 0 unspecified atom stereocenters. The highest BCUT2D eigenvalue weighted by molar-refractivity contribution is 6.32. The lowest BCUT2D eigenvalue weighted by molar-refractivity contribution is 0.0519. The Morgan fingerprint density at radius 2 is 1.83 bits per heavy atom. The van der Waals surface area contributed by atoms with E-state index in [-0.39, 0.29) is 5.69 Å². The third-order valence-electron chi connectivity index (χ3n) is 3.34. The van der Waals surface area contributed by atoms with Crippen molar-refractivity contribution in [2.45, 2.75) is 6.92 Å². The summed E-state index contributed by atoms with van der Waals surface area (Å²) in [6.45, 7) is 2.07. The van der Waals surface area contributed by atoms with E-state index in [0.29, 0.717) is 17.3 Å². The molecule has 0 bridgehead atoms. The molecule has 4 nitrogen and oxygen atoms in total. The van der Waals surface area contributed by atoms with Crippen LogP contribution in [0.2, 0.25) is 5.02 Å². The van der Waals surface area contributed by atoms with Crippen molar-refractivity contribution in [3.05, 3.63) is 71.4 Å². The molecule has 0 aliphatic carbocycles. The Labute approximate surface area is 139 Å². The van der Waals surface area contributed by atoms with E-state index in [9.17, 15) is 4.79 Å². The van der Waals surface area contributed by atoms with Gasteiger partial charge in [0, 0.05) is 5.56 Å². The number of carbonyl (C=O) groups excluding carboxylic acids is 1. The fourth-order valence-electron chi connectivity index (χ4n) is 2.31. The zero-order valence-electron chi connectivity index (χ0n) is 12.6. The van der Waals surface area contributed by atoms with Crippen LogP contribution in [0.1, 0.15) is 17.4 Å². The molecule has 0 aliphatic rings. The first-order valence-corrected chi connectivity index (χ1v) is 7.66. The average Bonchev–Trinajstić information content (AvgIpc) is 3.01. The molecule has 0 saturated carbocycles. The van der Waals surface area contributed by atoms with Crippen LogP contribution in [0.5, 0.6) is 0 Å². The number of para-hydroxylation sites is 1. The first-order valence-electron chi connectivity index (χ1n) is 7.28. The van der Waals surface area contributed by atoms with Crippen molar-refractivity contribution in [1.82, 2.24) is 9.78 Å². The number of benzene rings is 2. The van der Waals surface area contributed by atoms with Gasteiger partial charge in [0.05, 0.1) is 23.0 Å². The zero-order chi connectivity index (χ0) is 16.2.